The van der Waals surface area contributed by atoms with Crippen molar-refractivity contribution in [2.45, 2.75) is 17.4 Å². The van der Waals surface area contributed by atoms with Gasteiger partial charge in [0.2, 0.25) is 0 Å². The molecule has 0 aliphatic carbocycles. The highest BCUT2D eigenvalue weighted by molar-refractivity contribution is 7.98. The van der Waals surface area contributed by atoms with Crippen molar-refractivity contribution < 1.29 is 9.90 Å². The first kappa shape index (κ1) is 12.9. The van der Waals surface area contributed by atoms with Crippen molar-refractivity contribution in [2.24, 2.45) is 5.73 Å². The molecule has 1 aromatic carbocycles. The van der Waals surface area contributed by atoms with Gasteiger partial charge in [-0.25, -0.2) is 0 Å². The van der Waals surface area contributed by atoms with Gasteiger partial charge in [0.25, 0.3) is 0 Å². The van der Waals surface area contributed by atoms with E-state index in [4.69, 9.17) is 10.8 Å². The first-order chi connectivity index (χ1) is 7.63. The van der Waals surface area contributed by atoms with E-state index in [1.54, 1.807) is 11.8 Å². The Balaban J connectivity index is 2.34. The molecule has 0 saturated carbocycles. The van der Waals surface area contributed by atoms with Gasteiger partial charge in [-0.05, 0) is 36.9 Å². The van der Waals surface area contributed by atoms with Crippen LogP contribution in [0, 0.1) is 0 Å². The van der Waals surface area contributed by atoms with Gasteiger partial charge in [0, 0.05) is 17.1 Å². The first-order valence-corrected chi connectivity index (χ1v) is 6.22. The van der Waals surface area contributed by atoms with Crippen LogP contribution in [0.3, 0.4) is 0 Å². The lowest BCUT2D eigenvalue weighted by Gasteiger charge is -2.09. The minimum atomic E-state index is -0.959. The summed E-state index contributed by atoms with van der Waals surface area (Å²) >= 11 is 1.68. The predicted molar refractivity (Wildman–Crippen MR) is 66.9 cm³/mol. The Kier molecular flexibility index (Phi) is 5.14. The van der Waals surface area contributed by atoms with Crippen LogP contribution in [0.1, 0.15) is 6.42 Å². The molecule has 1 unspecified atom stereocenters. The predicted octanol–water partition coefficient (Wildman–Crippen LogP) is 1.62. The highest BCUT2D eigenvalue weighted by Gasteiger charge is 2.09. The first-order valence-electron chi connectivity index (χ1n) is 5.00. The zero-order valence-corrected chi connectivity index (χ0v) is 9.96. The fraction of sp³-hybridized carbons (Fsp3) is 0.364. The number of hydrogen-bond acceptors (Lipinski definition) is 4. The van der Waals surface area contributed by atoms with Crippen LogP contribution in [-0.2, 0) is 4.79 Å². The summed E-state index contributed by atoms with van der Waals surface area (Å²) in [6, 6.07) is 7.18. The highest BCUT2D eigenvalue weighted by Crippen LogP contribution is 2.17. The molecule has 1 rings (SSSR count). The second-order valence-corrected chi connectivity index (χ2v) is 4.27. The molecule has 0 amide bonds. The molecule has 0 aromatic heterocycles. The summed E-state index contributed by atoms with van der Waals surface area (Å²) in [5.41, 5.74) is 6.37. The van der Waals surface area contributed by atoms with E-state index in [2.05, 4.69) is 5.32 Å². The van der Waals surface area contributed by atoms with E-state index in [1.165, 1.54) is 4.90 Å². The Morgan fingerprint density at radius 2 is 2.12 bits per heavy atom. The molecule has 88 valence electrons. The zero-order chi connectivity index (χ0) is 12.0. The second-order valence-electron chi connectivity index (χ2n) is 3.39. The third-order valence-corrected chi connectivity index (χ3v) is 2.94. The lowest BCUT2D eigenvalue weighted by atomic mass is 10.2. The molecule has 0 spiro atoms. The van der Waals surface area contributed by atoms with E-state index in [-0.39, 0.29) is 0 Å². The molecule has 4 N–H and O–H groups in total. The topological polar surface area (TPSA) is 75.3 Å². The molecule has 5 heteroatoms. The summed E-state index contributed by atoms with van der Waals surface area (Å²) in [5, 5.41) is 11.7. The standard InChI is InChI=1S/C11H16N2O2S/c1-16-9-4-2-8(3-5-9)13-7-6-10(12)11(14)15/h2-5,10,13H,6-7,12H2,1H3,(H,14,15). The SMILES string of the molecule is CSc1ccc(NCCC(N)C(=O)O)cc1. The van der Waals surface area contributed by atoms with Crippen molar-refractivity contribution in [3.63, 3.8) is 0 Å². The number of anilines is 1. The molecular weight excluding hydrogens is 224 g/mol. The maximum atomic E-state index is 10.5. The lowest BCUT2D eigenvalue weighted by molar-refractivity contribution is -0.138. The highest BCUT2D eigenvalue weighted by atomic mass is 32.2. The summed E-state index contributed by atoms with van der Waals surface area (Å²) in [5.74, 6) is -0.959. The van der Waals surface area contributed by atoms with Crippen molar-refractivity contribution in [1.82, 2.24) is 0 Å². The van der Waals surface area contributed by atoms with Crippen LogP contribution in [0.2, 0.25) is 0 Å². The van der Waals surface area contributed by atoms with E-state index in [0.717, 1.165) is 5.69 Å². The van der Waals surface area contributed by atoms with Crippen LogP contribution >= 0.6 is 11.8 Å². The van der Waals surface area contributed by atoms with Gasteiger partial charge < -0.3 is 16.2 Å². The van der Waals surface area contributed by atoms with Crippen LogP contribution in [0.4, 0.5) is 5.69 Å². The number of hydrogen-bond donors (Lipinski definition) is 3. The number of thioether (sulfide) groups is 1. The second kappa shape index (κ2) is 6.40. The molecule has 4 nitrogen and oxygen atoms in total. The molecular formula is C11H16N2O2S. The number of aliphatic carboxylic acids is 1. The number of carbonyl (C=O) groups is 1. The van der Waals surface area contributed by atoms with E-state index in [9.17, 15) is 4.79 Å². The number of nitrogens with two attached hydrogens (primary N) is 1. The summed E-state index contributed by atoms with van der Waals surface area (Å²) in [7, 11) is 0. The van der Waals surface area contributed by atoms with Gasteiger partial charge in [-0.2, -0.15) is 0 Å². The summed E-state index contributed by atoms with van der Waals surface area (Å²) in [6.07, 6.45) is 2.44. The van der Waals surface area contributed by atoms with Crippen molar-refractivity contribution in [3.8, 4) is 0 Å². The minimum Gasteiger partial charge on any atom is -0.480 e. The van der Waals surface area contributed by atoms with Gasteiger partial charge in [-0.1, -0.05) is 0 Å². The number of nitrogens with one attached hydrogen (secondary N) is 1. The molecule has 0 fully saturated rings. The minimum absolute atomic E-state index is 0.416. The van der Waals surface area contributed by atoms with Gasteiger partial charge in [-0.15, -0.1) is 11.8 Å². The van der Waals surface area contributed by atoms with E-state index in [0.29, 0.717) is 13.0 Å². The van der Waals surface area contributed by atoms with Crippen molar-refractivity contribution >= 4 is 23.4 Å². The van der Waals surface area contributed by atoms with Gasteiger partial charge in [-0.3, -0.25) is 4.79 Å². The van der Waals surface area contributed by atoms with Crippen LogP contribution in [-0.4, -0.2) is 29.9 Å². The van der Waals surface area contributed by atoms with Crippen LogP contribution in [0.15, 0.2) is 29.2 Å². The average Bonchev–Trinajstić information content (AvgIpc) is 2.29. The van der Waals surface area contributed by atoms with Crippen LogP contribution in [0.5, 0.6) is 0 Å². The molecule has 16 heavy (non-hydrogen) atoms. The quantitative estimate of drug-likeness (QED) is 0.659. The molecule has 1 atom stereocenters. The summed E-state index contributed by atoms with van der Waals surface area (Å²) in [6.45, 7) is 0.562. The summed E-state index contributed by atoms with van der Waals surface area (Å²) < 4.78 is 0. The smallest absolute Gasteiger partial charge is 0.320 e. The van der Waals surface area contributed by atoms with Gasteiger partial charge in [0.15, 0.2) is 0 Å². The zero-order valence-electron chi connectivity index (χ0n) is 9.14. The van der Waals surface area contributed by atoms with Gasteiger partial charge >= 0.3 is 5.97 Å². The Morgan fingerprint density at radius 3 is 2.62 bits per heavy atom. The Morgan fingerprint density at radius 1 is 1.50 bits per heavy atom. The molecule has 0 bridgehead atoms. The molecule has 1 aromatic rings. The van der Waals surface area contributed by atoms with Crippen LogP contribution in [0.25, 0.3) is 0 Å². The number of rotatable bonds is 6. The van der Waals surface area contributed by atoms with Gasteiger partial charge in [0.05, 0.1) is 0 Å². The third kappa shape index (κ3) is 4.12. The lowest BCUT2D eigenvalue weighted by Crippen LogP contribution is -2.32. The fourth-order valence-electron chi connectivity index (χ4n) is 1.20. The maximum absolute atomic E-state index is 10.5. The van der Waals surface area contributed by atoms with E-state index in [1.807, 2.05) is 30.5 Å². The monoisotopic (exact) mass is 240 g/mol. The Hall–Kier alpha value is -1.20. The Bertz CT molecular complexity index is 340. The normalized spacial score (nSPS) is 12.1. The Labute approximate surface area is 99.2 Å². The largest absolute Gasteiger partial charge is 0.480 e. The van der Waals surface area contributed by atoms with E-state index >= 15 is 0 Å². The molecule has 0 radical (unpaired) electrons. The fourth-order valence-corrected chi connectivity index (χ4v) is 1.61. The van der Waals surface area contributed by atoms with E-state index < -0.39 is 12.0 Å². The molecule has 0 heterocycles. The van der Waals surface area contributed by atoms with Crippen molar-refractivity contribution in [3.05, 3.63) is 24.3 Å². The molecule has 0 aliphatic heterocycles. The third-order valence-electron chi connectivity index (χ3n) is 2.19. The summed E-state index contributed by atoms with van der Waals surface area (Å²) in [4.78, 5) is 11.7. The number of carboxylic acids is 1. The number of carboxylic acid groups (broad SMARTS) is 1. The maximum Gasteiger partial charge on any atom is 0.320 e. The van der Waals surface area contributed by atoms with Crippen molar-refractivity contribution in [1.29, 1.82) is 0 Å². The molecule has 0 saturated heterocycles. The number of benzene rings is 1. The van der Waals surface area contributed by atoms with Gasteiger partial charge in [0.1, 0.15) is 6.04 Å². The van der Waals surface area contributed by atoms with Crippen LogP contribution < -0.4 is 11.1 Å². The average molecular weight is 240 g/mol. The molecule has 0 aliphatic rings. The van der Waals surface area contributed by atoms with Crippen molar-refractivity contribution in [2.75, 3.05) is 18.1 Å².